The van der Waals surface area contributed by atoms with Gasteiger partial charge in [-0.2, -0.15) is 0 Å². The van der Waals surface area contributed by atoms with Gasteiger partial charge in [-0.15, -0.1) is 0 Å². The van der Waals surface area contributed by atoms with Gasteiger partial charge in [0, 0.05) is 24.2 Å². The summed E-state index contributed by atoms with van der Waals surface area (Å²) in [6.45, 7) is 0.137. The molecule has 3 nitrogen and oxygen atoms in total. The molecule has 4 heteroatoms. The second-order valence-electron chi connectivity index (χ2n) is 5.60. The molecular formula is C16H23FN2O. The zero-order chi connectivity index (χ0) is 14.4. The van der Waals surface area contributed by atoms with Crippen LogP contribution in [0.25, 0.3) is 0 Å². The minimum Gasteiger partial charge on any atom is -0.326 e. The summed E-state index contributed by atoms with van der Waals surface area (Å²) in [6, 6.07) is 4.53. The van der Waals surface area contributed by atoms with Gasteiger partial charge in [0.2, 0.25) is 5.91 Å². The first-order valence-corrected chi connectivity index (χ1v) is 7.47. The van der Waals surface area contributed by atoms with Gasteiger partial charge < -0.3 is 11.1 Å². The maximum Gasteiger partial charge on any atom is 0.224 e. The van der Waals surface area contributed by atoms with Crippen molar-refractivity contribution in [3.63, 3.8) is 0 Å². The Morgan fingerprint density at radius 1 is 1.30 bits per heavy atom. The molecule has 2 rings (SSSR count). The van der Waals surface area contributed by atoms with Crippen LogP contribution in [0.2, 0.25) is 0 Å². The molecule has 0 spiro atoms. The zero-order valence-electron chi connectivity index (χ0n) is 11.8. The number of halogens is 1. The molecule has 1 aromatic carbocycles. The molecule has 0 heterocycles. The Morgan fingerprint density at radius 2 is 2.05 bits per heavy atom. The minimum absolute atomic E-state index is 0.00477. The Morgan fingerprint density at radius 3 is 2.75 bits per heavy atom. The zero-order valence-corrected chi connectivity index (χ0v) is 11.8. The second kappa shape index (κ2) is 7.39. The lowest BCUT2D eigenvalue weighted by Gasteiger charge is -2.21. The van der Waals surface area contributed by atoms with E-state index in [2.05, 4.69) is 5.32 Å². The van der Waals surface area contributed by atoms with Crippen LogP contribution < -0.4 is 11.1 Å². The first-order chi connectivity index (χ1) is 9.69. The van der Waals surface area contributed by atoms with Crippen molar-refractivity contribution in [3.8, 4) is 0 Å². The molecule has 110 valence electrons. The molecule has 1 saturated carbocycles. The Balaban J connectivity index is 1.81. The van der Waals surface area contributed by atoms with Crippen molar-refractivity contribution in [2.75, 3.05) is 5.32 Å². The predicted molar refractivity (Wildman–Crippen MR) is 78.7 cm³/mol. The lowest BCUT2D eigenvalue weighted by molar-refractivity contribution is -0.116. The number of hydrogen-bond donors (Lipinski definition) is 2. The van der Waals surface area contributed by atoms with Gasteiger partial charge in [-0.25, -0.2) is 4.39 Å². The highest BCUT2D eigenvalue weighted by molar-refractivity contribution is 5.90. The molecule has 20 heavy (non-hydrogen) atoms. The average molecular weight is 278 g/mol. The van der Waals surface area contributed by atoms with Gasteiger partial charge in [-0.1, -0.05) is 32.1 Å². The van der Waals surface area contributed by atoms with Gasteiger partial charge >= 0.3 is 0 Å². The lowest BCUT2D eigenvalue weighted by atomic mass is 9.86. The van der Waals surface area contributed by atoms with Crippen molar-refractivity contribution < 1.29 is 9.18 Å². The predicted octanol–water partition coefficient (Wildman–Crippen LogP) is 3.58. The van der Waals surface area contributed by atoms with Crippen LogP contribution in [0.3, 0.4) is 0 Å². The summed E-state index contributed by atoms with van der Waals surface area (Å²) in [4.78, 5) is 11.9. The number of carbonyl (C=O) groups excluding carboxylic acids is 1. The van der Waals surface area contributed by atoms with Gasteiger partial charge in [-0.3, -0.25) is 4.79 Å². The van der Waals surface area contributed by atoms with E-state index < -0.39 is 0 Å². The van der Waals surface area contributed by atoms with E-state index in [9.17, 15) is 9.18 Å². The molecule has 3 N–H and O–H groups in total. The van der Waals surface area contributed by atoms with Gasteiger partial charge in [0.1, 0.15) is 5.82 Å². The summed E-state index contributed by atoms with van der Waals surface area (Å²) in [5.41, 5.74) is 6.51. The van der Waals surface area contributed by atoms with Crippen LogP contribution in [0.15, 0.2) is 18.2 Å². The molecule has 1 fully saturated rings. The Kier molecular flexibility index (Phi) is 5.53. The molecule has 1 aliphatic rings. The lowest BCUT2D eigenvalue weighted by Crippen LogP contribution is -2.15. The minimum atomic E-state index is -0.326. The SMILES string of the molecule is NCc1cc(NC(=O)CCC2CCCCC2)ccc1F. The second-order valence-corrected chi connectivity index (χ2v) is 5.60. The van der Waals surface area contributed by atoms with Crippen LogP contribution in [0.1, 0.15) is 50.5 Å². The maximum absolute atomic E-state index is 13.3. The fourth-order valence-electron chi connectivity index (χ4n) is 2.84. The number of benzene rings is 1. The maximum atomic E-state index is 13.3. The number of rotatable bonds is 5. The Hall–Kier alpha value is -1.42. The molecule has 0 aromatic heterocycles. The van der Waals surface area contributed by atoms with Crippen LogP contribution in [0, 0.1) is 11.7 Å². The summed E-state index contributed by atoms with van der Waals surface area (Å²) >= 11 is 0. The molecule has 0 bridgehead atoms. The summed E-state index contributed by atoms with van der Waals surface area (Å²) < 4.78 is 13.3. The van der Waals surface area contributed by atoms with E-state index in [1.165, 1.54) is 38.2 Å². The van der Waals surface area contributed by atoms with Crippen molar-refractivity contribution in [3.05, 3.63) is 29.6 Å². The summed E-state index contributed by atoms with van der Waals surface area (Å²) in [5.74, 6) is 0.375. The molecule has 1 aromatic rings. The van der Waals surface area contributed by atoms with E-state index >= 15 is 0 Å². The van der Waals surface area contributed by atoms with Crippen LogP contribution in [0.5, 0.6) is 0 Å². The van der Waals surface area contributed by atoms with Gasteiger partial charge in [0.15, 0.2) is 0 Å². The molecule has 0 aliphatic heterocycles. The first kappa shape index (κ1) is 15.0. The monoisotopic (exact) mass is 278 g/mol. The molecule has 0 atom stereocenters. The van der Waals surface area contributed by atoms with Crippen molar-refractivity contribution >= 4 is 11.6 Å². The highest BCUT2D eigenvalue weighted by atomic mass is 19.1. The summed E-state index contributed by atoms with van der Waals surface area (Å²) in [5, 5.41) is 2.82. The quantitative estimate of drug-likeness (QED) is 0.865. The number of nitrogens with one attached hydrogen (secondary N) is 1. The summed E-state index contributed by atoms with van der Waals surface area (Å²) in [6.07, 6.45) is 7.92. The van der Waals surface area contributed by atoms with Crippen LogP contribution in [0.4, 0.5) is 10.1 Å². The number of amides is 1. The average Bonchev–Trinajstić information content (AvgIpc) is 2.48. The number of hydrogen-bond acceptors (Lipinski definition) is 2. The highest BCUT2D eigenvalue weighted by Crippen LogP contribution is 2.27. The Labute approximate surface area is 119 Å². The third-order valence-electron chi connectivity index (χ3n) is 4.05. The highest BCUT2D eigenvalue weighted by Gasteiger charge is 2.15. The molecule has 1 amide bonds. The number of anilines is 1. The third kappa shape index (κ3) is 4.30. The van der Waals surface area contributed by atoms with Crippen molar-refractivity contribution in [1.29, 1.82) is 0 Å². The van der Waals surface area contributed by atoms with Gasteiger partial charge in [0.25, 0.3) is 0 Å². The van der Waals surface area contributed by atoms with Crippen LogP contribution in [-0.4, -0.2) is 5.91 Å². The van der Waals surface area contributed by atoms with Gasteiger partial charge in [-0.05, 0) is 30.5 Å². The fraction of sp³-hybridized carbons (Fsp3) is 0.562. The van der Waals surface area contributed by atoms with E-state index in [0.717, 1.165) is 6.42 Å². The van der Waals surface area contributed by atoms with Crippen LogP contribution >= 0.6 is 0 Å². The topological polar surface area (TPSA) is 55.1 Å². The largest absolute Gasteiger partial charge is 0.326 e. The third-order valence-corrected chi connectivity index (χ3v) is 4.05. The van der Waals surface area contributed by atoms with Crippen molar-refractivity contribution in [2.24, 2.45) is 11.7 Å². The standard InChI is InChI=1S/C16H23FN2O/c17-15-8-7-14(10-13(15)11-18)19-16(20)9-6-12-4-2-1-3-5-12/h7-8,10,12H,1-6,9,11,18H2,(H,19,20). The number of carbonyl (C=O) groups is 1. The van der Waals surface area contributed by atoms with Crippen molar-refractivity contribution in [2.45, 2.75) is 51.5 Å². The first-order valence-electron chi connectivity index (χ1n) is 7.47. The smallest absolute Gasteiger partial charge is 0.224 e. The molecular weight excluding hydrogens is 255 g/mol. The molecule has 1 aliphatic carbocycles. The van der Waals surface area contributed by atoms with Gasteiger partial charge in [0.05, 0.1) is 0 Å². The normalized spacial score (nSPS) is 16.1. The fourth-order valence-corrected chi connectivity index (χ4v) is 2.84. The van der Waals surface area contributed by atoms with E-state index in [1.807, 2.05) is 0 Å². The Bertz CT molecular complexity index is 456. The van der Waals surface area contributed by atoms with E-state index in [-0.39, 0.29) is 18.3 Å². The van der Waals surface area contributed by atoms with Crippen molar-refractivity contribution in [1.82, 2.24) is 0 Å². The van der Waals surface area contributed by atoms with E-state index in [1.54, 1.807) is 12.1 Å². The number of nitrogens with two attached hydrogens (primary N) is 1. The molecule has 0 radical (unpaired) electrons. The molecule has 0 saturated heterocycles. The van der Waals surface area contributed by atoms with E-state index in [4.69, 9.17) is 5.73 Å². The summed E-state index contributed by atoms with van der Waals surface area (Å²) in [7, 11) is 0. The van der Waals surface area contributed by atoms with Crippen LogP contribution in [-0.2, 0) is 11.3 Å². The molecule has 0 unspecified atom stereocenters. The van der Waals surface area contributed by atoms with E-state index in [0.29, 0.717) is 23.6 Å².